The highest BCUT2D eigenvalue weighted by Gasteiger charge is 2.28. The third-order valence-corrected chi connectivity index (χ3v) is 3.67. The van der Waals surface area contributed by atoms with Crippen LogP contribution in [0.25, 0.3) is 0 Å². The molecule has 1 amide bonds. The van der Waals surface area contributed by atoms with Crippen LogP contribution >= 0.6 is 0 Å². The molecule has 2 rings (SSSR count). The predicted molar refractivity (Wildman–Crippen MR) is 71.8 cm³/mol. The number of hydrogen-bond acceptors (Lipinski definition) is 2. The van der Waals surface area contributed by atoms with Gasteiger partial charge in [0.2, 0.25) is 5.91 Å². The van der Waals surface area contributed by atoms with Gasteiger partial charge in [-0.2, -0.15) is 0 Å². The van der Waals surface area contributed by atoms with Crippen molar-refractivity contribution in [1.29, 1.82) is 0 Å². The highest BCUT2D eigenvalue weighted by Crippen LogP contribution is 2.30. The second kappa shape index (κ2) is 5.42. The van der Waals surface area contributed by atoms with E-state index in [9.17, 15) is 4.79 Å². The van der Waals surface area contributed by atoms with E-state index in [1.54, 1.807) is 7.11 Å². The molecule has 3 nitrogen and oxygen atoms in total. The minimum Gasteiger partial charge on any atom is -0.497 e. The molecule has 18 heavy (non-hydrogen) atoms. The summed E-state index contributed by atoms with van der Waals surface area (Å²) >= 11 is 0. The Balaban J connectivity index is 2.05. The van der Waals surface area contributed by atoms with E-state index in [0.717, 1.165) is 18.7 Å². The number of hydrogen-bond donors (Lipinski definition) is 0. The Morgan fingerprint density at radius 3 is 2.44 bits per heavy atom. The van der Waals surface area contributed by atoms with Gasteiger partial charge in [0.25, 0.3) is 0 Å². The predicted octanol–water partition coefficient (Wildman–Crippen LogP) is 2.81. The Hall–Kier alpha value is -1.51. The van der Waals surface area contributed by atoms with Crippen molar-refractivity contribution < 1.29 is 9.53 Å². The van der Waals surface area contributed by atoms with Gasteiger partial charge < -0.3 is 9.64 Å². The first-order valence-corrected chi connectivity index (χ1v) is 6.55. The fourth-order valence-corrected chi connectivity index (χ4v) is 2.56. The van der Waals surface area contributed by atoms with Crippen LogP contribution in [0.15, 0.2) is 24.3 Å². The van der Waals surface area contributed by atoms with Crippen molar-refractivity contribution in [3.8, 4) is 5.75 Å². The summed E-state index contributed by atoms with van der Waals surface area (Å²) in [5.41, 5.74) is 1.24. The van der Waals surface area contributed by atoms with Gasteiger partial charge in [-0.3, -0.25) is 4.79 Å². The molecule has 0 saturated carbocycles. The van der Waals surface area contributed by atoms with E-state index < -0.39 is 0 Å². The van der Waals surface area contributed by atoms with Gasteiger partial charge in [-0.05, 0) is 43.9 Å². The maximum Gasteiger partial charge on any atom is 0.223 e. The lowest BCUT2D eigenvalue weighted by atomic mass is 9.88. The van der Waals surface area contributed by atoms with Crippen molar-refractivity contribution in [3.05, 3.63) is 29.8 Å². The molecule has 0 bridgehead atoms. The third-order valence-electron chi connectivity index (χ3n) is 3.67. The van der Waals surface area contributed by atoms with E-state index in [-0.39, 0.29) is 5.91 Å². The van der Waals surface area contributed by atoms with Gasteiger partial charge >= 0.3 is 0 Å². The molecule has 0 radical (unpaired) electrons. The lowest BCUT2D eigenvalue weighted by Crippen LogP contribution is -2.42. The van der Waals surface area contributed by atoms with Crippen molar-refractivity contribution in [1.82, 2.24) is 4.90 Å². The first-order valence-electron chi connectivity index (χ1n) is 6.55. The Labute approximate surface area is 109 Å². The Morgan fingerprint density at radius 2 is 1.94 bits per heavy atom. The van der Waals surface area contributed by atoms with Crippen molar-refractivity contribution >= 4 is 5.91 Å². The van der Waals surface area contributed by atoms with Crippen LogP contribution in [0, 0.1) is 0 Å². The molecule has 1 aromatic rings. The molecule has 0 spiro atoms. The number of benzene rings is 1. The first kappa shape index (κ1) is 12.9. The topological polar surface area (TPSA) is 29.5 Å². The van der Waals surface area contributed by atoms with Crippen LogP contribution in [0.1, 0.15) is 38.2 Å². The number of carbonyl (C=O) groups is 1. The Kier molecular flexibility index (Phi) is 3.90. The maximum atomic E-state index is 12.0. The number of amides is 1. The van der Waals surface area contributed by atoms with Crippen LogP contribution in [-0.4, -0.2) is 30.5 Å². The van der Waals surface area contributed by atoms with Gasteiger partial charge in [-0.15, -0.1) is 0 Å². The van der Waals surface area contributed by atoms with Gasteiger partial charge in [0.15, 0.2) is 0 Å². The maximum absolute atomic E-state index is 12.0. The van der Waals surface area contributed by atoms with Crippen molar-refractivity contribution in [2.45, 2.75) is 38.6 Å². The summed E-state index contributed by atoms with van der Waals surface area (Å²) < 4.78 is 5.15. The first-order chi connectivity index (χ1) is 8.61. The van der Waals surface area contributed by atoms with Crippen molar-refractivity contribution in [3.63, 3.8) is 0 Å². The molecular weight excluding hydrogens is 226 g/mol. The average Bonchev–Trinajstić information content (AvgIpc) is 2.38. The molecule has 3 heteroatoms. The monoisotopic (exact) mass is 247 g/mol. The lowest BCUT2D eigenvalue weighted by Gasteiger charge is -2.34. The van der Waals surface area contributed by atoms with Gasteiger partial charge in [0.1, 0.15) is 5.75 Å². The quantitative estimate of drug-likeness (QED) is 0.822. The summed E-state index contributed by atoms with van der Waals surface area (Å²) in [5.74, 6) is 1.50. The summed E-state index contributed by atoms with van der Waals surface area (Å²) in [4.78, 5) is 14.0. The molecule has 0 aromatic heterocycles. The second-order valence-corrected chi connectivity index (χ2v) is 5.14. The molecule has 1 aliphatic rings. The van der Waals surface area contributed by atoms with E-state index in [1.165, 1.54) is 5.56 Å². The van der Waals surface area contributed by atoms with Crippen LogP contribution in [-0.2, 0) is 4.79 Å². The largest absolute Gasteiger partial charge is 0.497 e. The molecule has 1 aromatic carbocycles. The third kappa shape index (κ3) is 2.66. The van der Waals surface area contributed by atoms with E-state index in [2.05, 4.69) is 26.0 Å². The summed E-state index contributed by atoms with van der Waals surface area (Å²) in [5, 5.41) is 0. The second-order valence-electron chi connectivity index (χ2n) is 5.14. The van der Waals surface area contributed by atoms with Crippen LogP contribution in [0.4, 0.5) is 0 Å². The van der Waals surface area contributed by atoms with E-state index in [1.807, 2.05) is 17.0 Å². The molecule has 1 saturated heterocycles. The Bertz CT molecular complexity index is 411. The molecule has 0 aliphatic carbocycles. The number of piperidine rings is 1. The van der Waals surface area contributed by atoms with E-state index >= 15 is 0 Å². The van der Waals surface area contributed by atoms with Gasteiger partial charge in [0.05, 0.1) is 7.11 Å². The Morgan fingerprint density at radius 1 is 1.28 bits per heavy atom. The molecule has 1 fully saturated rings. The van der Waals surface area contributed by atoms with E-state index in [0.29, 0.717) is 18.4 Å². The summed E-state index contributed by atoms with van der Waals surface area (Å²) in [6.07, 6.45) is 1.68. The normalized spacial score (nSPS) is 20.3. The SMILES string of the molecule is COc1ccc(C2CCN(C(C)C)C(=O)C2)cc1. The number of carbonyl (C=O) groups excluding carboxylic acids is 1. The van der Waals surface area contributed by atoms with Crippen LogP contribution in [0.3, 0.4) is 0 Å². The minimum absolute atomic E-state index is 0.275. The lowest BCUT2D eigenvalue weighted by molar-refractivity contribution is -0.135. The molecule has 0 N–H and O–H groups in total. The van der Waals surface area contributed by atoms with Crippen LogP contribution in [0.5, 0.6) is 5.75 Å². The van der Waals surface area contributed by atoms with Crippen molar-refractivity contribution in [2.75, 3.05) is 13.7 Å². The average molecular weight is 247 g/mol. The number of likely N-dealkylation sites (tertiary alicyclic amines) is 1. The molecule has 1 heterocycles. The molecule has 1 aliphatic heterocycles. The highest BCUT2D eigenvalue weighted by molar-refractivity contribution is 5.78. The van der Waals surface area contributed by atoms with Gasteiger partial charge in [0, 0.05) is 19.0 Å². The summed E-state index contributed by atoms with van der Waals surface area (Å²) in [6.45, 7) is 5.02. The van der Waals surface area contributed by atoms with Crippen LogP contribution < -0.4 is 4.74 Å². The zero-order valence-corrected chi connectivity index (χ0v) is 11.3. The number of methoxy groups -OCH3 is 1. The molecule has 1 atom stereocenters. The highest BCUT2D eigenvalue weighted by atomic mass is 16.5. The molecule has 98 valence electrons. The minimum atomic E-state index is 0.275. The van der Waals surface area contributed by atoms with Crippen LogP contribution in [0.2, 0.25) is 0 Å². The molecule has 1 unspecified atom stereocenters. The smallest absolute Gasteiger partial charge is 0.223 e. The van der Waals surface area contributed by atoms with Gasteiger partial charge in [-0.1, -0.05) is 12.1 Å². The fraction of sp³-hybridized carbons (Fsp3) is 0.533. The standard InChI is InChI=1S/C15H21NO2/c1-11(2)16-9-8-13(10-15(16)17)12-4-6-14(18-3)7-5-12/h4-7,11,13H,8-10H2,1-3H3. The number of rotatable bonds is 3. The van der Waals surface area contributed by atoms with Gasteiger partial charge in [-0.25, -0.2) is 0 Å². The fourth-order valence-electron chi connectivity index (χ4n) is 2.56. The van der Waals surface area contributed by atoms with E-state index in [4.69, 9.17) is 4.74 Å². The summed E-state index contributed by atoms with van der Waals surface area (Å²) in [6, 6.07) is 8.39. The number of ether oxygens (including phenoxy) is 1. The zero-order chi connectivity index (χ0) is 13.1. The number of nitrogens with zero attached hydrogens (tertiary/aromatic N) is 1. The summed E-state index contributed by atoms with van der Waals surface area (Å²) in [7, 11) is 1.67. The molecular formula is C15H21NO2. The zero-order valence-electron chi connectivity index (χ0n) is 11.3. The van der Waals surface area contributed by atoms with Crippen molar-refractivity contribution in [2.24, 2.45) is 0 Å².